The van der Waals surface area contributed by atoms with Crippen molar-refractivity contribution in [3.8, 4) is 11.5 Å². The van der Waals surface area contributed by atoms with Crippen molar-refractivity contribution in [1.82, 2.24) is 20.8 Å². The topological polar surface area (TPSA) is 126 Å². The predicted molar refractivity (Wildman–Crippen MR) is 120 cm³/mol. The molecule has 0 spiro atoms. The number of aromatic amines is 1. The number of amides is 2. The van der Waals surface area contributed by atoms with Crippen LogP contribution in [0.5, 0.6) is 11.5 Å². The van der Waals surface area contributed by atoms with Crippen molar-refractivity contribution in [3.63, 3.8) is 0 Å². The molecule has 9 nitrogen and oxygen atoms in total. The molecule has 3 aromatic rings. The Labute approximate surface area is 194 Å². The fourth-order valence-electron chi connectivity index (χ4n) is 2.90. The maximum atomic E-state index is 13.3. The molecule has 1 atom stereocenters. The number of H-pyrrole nitrogens is 1. The third kappa shape index (κ3) is 7.33. The third-order valence-electron chi connectivity index (χ3n) is 4.69. The molecule has 0 saturated carbocycles. The van der Waals surface area contributed by atoms with E-state index in [1.54, 1.807) is 12.1 Å². The predicted octanol–water partition coefficient (Wildman–Crippen LogP) is 2.11. The number of nitrogens with one attached hydrogen (secondary N) is 3. The lowest BCUT2D eigenvalue weighted by atomic mass is 10.2. The molecule has 2 aromatic carbocycles. The highest BCUT2D eigenvalue weighted by Crippen LogP contribution is 2.21. The molecule has 2 amide bonds. The number of aromatic nitrogens is 2. The molecule has 0 aliphatic heterocycles. The molecule has 176 valence electrons. The van der Waals surface area contributed by atoms with E-state index in [1.807, 2.05) is 13.0 Å². The van der Waals surface area contributed by atoms with E-state index in [2.05, 4.69) is 20.8 Å². The van der Waals surface area contributed by atoms with Gasteiger partial charge >= 0.3 is 0 Å². The average Bonchev–Trinajstić information content (AvgIpc) is 3.17. The van der Waals surface area contributed by atoms with E-state index < -0.39 is 17.8 Å². The summed E-state index contributed by atoms with van der Waals surface area (Å²) < 4.78 is 24.0. The zero-order chi connectivity index (χ0) is 23.8. The Morgan fingerprint density at radius 1 is 1.12 bits per heavy atom. The molecular weight excluding hydrogens is 455 g/mol. The second-order valence-corrected chi connectivity index (χ2v) is 7.67. The Morgan fingerprint density at radius 3 is 2.52 bits per heavy atom. The van der Waals surface area contributed by atoms with Crippen LogP contribution >= 0.6 is 11.6 Å². The number of aliphatic hydroxyl groups is 1. The van der Waals surface area contributed by atoms with Crippen molar-refractivity contribution in [3.05, 3.63) is 52.9 Å². The number of hydrogen-bond donors (Lipinski definition) is 4. The molecule has 0 unspecified atom stereocenters. The van der Waals surface area contributed by atoms with Crippen LogP contribution in [0.4, 0.5) is 4.39 Å². The second kappa shape index (κ2) is 11.5. The van der Waals surface area contributed by atoms with E-state index in [1.165, 1.54) is 12.1 Å². The molecule has 0 aliphatic rings. The van der Waals surface area contributed by atoms with Crippen LogP contribution in [0.2, 0.25) is 5.02 Å². The number of benzene rings is 2. The first-order chi connectivity index (χ1) is 15.8. The zero-order valence-corrected chi connectivity index (χ0v) is 18.6. The normalized spacial score (nSPS) is 11.8. The van der Waals surface area contributed by atoms with Crippen LogP contribution < -0.4 is 20.1 Å². The summed E-state index contributed by atoms with van der Waals surface area (Å²) >= 11 is 5.58. The molecule has 0 saturated heterocycles. The van der Waals surface area contributed by atoms with Crippen molar-refractivity contribution in [2.24, 2.45) is 0 Å². The van der Waals surface area contributed by atoms with E-state index in [9.17, 15) is 19.1 Å². The van der Waals surface area contributed by atoms with Gasteiger partial charge in [0.15, 0.2) is 13.2 Å². The number of rotatable bonds is 11. The maximum absolute atomic E-state index is 13.3. The molecule has 1 heterocycles. The van der Waals surface area contributed by atoms with Crippen LogP contribution in [0.25, 0.3) is 10.9 Å². The molecular formula is C22H24ClFN4O5. The first-order valence-corrected chi connectivity index (χ1v) is 10.6. The van der Waals surface area contributed by atoms with Crippen molar-refractivity contribution < 1.29 is 28.6 Å². The summed E-state index contributed by atoms with van der Waals surface area (Å²) in [5, 5.41) is 23.1. The summed E-state index contributed by atoms with van der Waals surface area (Å²) in [6, 6.07) is 9.24. The van der Waals surface area contributed by atoms with E-state index in [-0.39, 0.29) is 49.4 Å². The first-order valence-electron chi connectivity index (χ1n) is 10.2. The Bertz CT molecular complexity index is 1120. The number of carbonyl (C=O) groups is 2. The summed E-state index contributed by atoms with van der Waals surface area (Å²) in [5.74, 6) is -0.758. The zero-order valence-electron chi connectivity index (χ0n) is 17.9. The van der Waals surface area contributed by atoms with E-state index in [0.717, 1.165) is 22.7 Å². The molecule has 11 heteroatoms. The van der Waals surface area contributed by atoms with Gasteiger partial charge in [-0.05, 0) is 37.6 Å². The highest BCUT2D eigenvalue weighted by molar-refractivity contribution is 6.30. The number of ether oxygens (including phenoxy) is 2. The number of aliphatic hydroxyl groups excluding tert-OH is 1. The number of halogens is 2. The quantitative estimate of drug-likeness (QED) is 0.334. The van der Waals surface area contributed by atoms with Gasteiger partial charge in [-0.15, -0.1) is 0 Å². The Morgan fingerprint density at radius 2 is 1.79 bits per heavy atom. The van der Waals surface area contributed by atoms with Gasteiger partial charge in [-0.2, -0.15) is 5.10 Å². The summed E-state index contributed by atoms with van der Waals surface area (Å²) in [5.41, 5.74) is 1.69. The molecule has 0 aliphatic carbocycles. The monoisotopic (exact) mass is 478 g/mol. The fraction of sp³-hybridized carbons (Fsp3) is 0.318. The summed E-state index contributed by atoms with van der Waals surface area (Å²) in [7, 11) is 0. The Hall–Kier alpha value is -3.37. The SMILES string of the molecule is Cc1n[nH]c2cc(OCC(=O)NC[C@@H](O)CCNC(=O)COc3ccc(Cl)c(F)c3)ccc12. The lowest BCUT2D eigenvalue weighted by Gasteiger charge is -2.13. The molecule has 0 bridgehead atoms. The standard InChI is InChI=1S/C22H24ClFN4O5/c1-13-17-4-2-16(9-20(17)28-27-13)33-12-22(31)26-10-14(29)6-7-25-21(30)11-32-15-3-5-18(23)19(24)8-15/h2-5,8-9,14,29H,6-7,10-12H2,1H3,(H,25,30)(H,26,31)(H,27,28)/t14-/m0/s1. The molecule has 33 heavy (non-hydrogen) atoms. The second-order valence-electron chi connectivity index (χ2n) is 7.27. The highest BCUT2D eigenvalue weighted by Gasteiger charge is 2.10. The summed E-state index contributed by atoms with van der Waals surface area (Å²) in [4.78, 5) is 23.7. The minimum atomic E-state index is -0.857. The highest BCUT2D eigenvalue weighted by atomic mass is 35.5. The van der Waals surface area contributed by atoms with Crippen LogP contribution in [-0.2, 0) is 9.59 Å². The molecule has 4 N–H and O–H groups in total. The lowest BCUT2D eigenvalue weighted by molar-refractivity contribution is -0.124. The van der Waals surface area contributed by atoms with Gasteiger partial charge in [0.05, 0.1) is 22.3 Å². The van der Waals surface area contributed by atoms with Gasteiger partial charge in [-0.25, -0.2) is 4.39 Å². The Balaban J connectivity index is 1.28. The van der Waals surface area contributed by atoms with Gasteiger partial charge in [0, 0.05) is 30.6 Å². The Kier molecular flexibility index (Phi) is 8.45. The largest absolute Gasteiger partial charge is 0.484 e. The molecule has 0 radical (unpaired) electrons. The van der Waals surface area contributed by atoms with Crippen LogP contribution in [-0.4, -0.2) is 59.5 Å². The average molecular weight is 479 g/mol. The van der Waals surface area contributed by atoms with E-state index >= 15 is 0 Å². The number of nitrogens with zero attached hydrogens (tertiary/aromatic N) is 1. The minimum Gasteiger partial charge on any atom is -0.484 e. The first kappa shape index (κ1) is 24.3. The fourth-order valence-corrected chi connectivity index (χ4v) is 3.02. The lowest BCUT2D eigenvalue weighted by Crippen LogP contribution is -2.37. The van der Waals surface area contributed by atoms with Gasteiger partial charge in [0.2, 0.25) is 0 Å². The van der Waals surface area contributed by atoms with Crippen LogP contribution in [0.1, 0.15) is 12.1 Å². The minimum absolute atomic E-state index is 0.0113. The number of fused-ring (bicyclic) bond motifs is 1. The summed E-state index contributed by atoms with van der Waals surface area (Å²) in [6.45, 7) is 1.56. The number of hydrogen-bond acceptors (Lipinski definition) is 6. The van der Waals surface area contributed by atoms with Gasteiger partial charge in [0.1, 0.15) is 17.3 Å². The van der Waals surface area contributed by atoms with Crippen molar-refractivity contribution >= 4 is 34.3 Å². The smallest absolute Gasteiger partial charge is 0.258 e. The molecule has 3 rings (SSSR count). The van der Waals surface area contributed by atoms with Gasteiger partial charge < -0.3 is 25.2 Å². The molecule has 0 fully saturated rings. The molecule has 1 aromatic heterocycles. The van der Waals surface area contributed by atoms with Crippen molar-refractivity contribution in [1.29, 1.82) is 0 Å². The number of carbonyl (C=O) groups excluding carboxylic acids is 2. The number of aryl methyl sites for hydroxylation is 1. The van der Waals surface area contributed by atoms with E-state index in [4.69, 9.17) is 21.1 Å². The van der Waals surface area contributed by atoms with Crippen LogP contribution in [0, 0.1) is 12.7 Å². The maximum Gasteiger partial charge on any atom is 0.258 e. The van der Waals surface area contributed by atoms with Crippen molar-refractivity contribution in [2.75, 3.05) is 26.3 Å². The van der Waals surface area contributed by atoms with Crippen LogP contribution in [0.3, 0.4) is 0 Å². The van der Waals surface area contributed by atoms with Crippen LogP contribution in [0.15, 0.2) is 36.4 Å². The van der Waals surface area contributed by atoms with Gasteiger partial charge in [-0.1, -0.05) is 11.6 Å². The van der Waals surface area contributed by atoms with Gasteiger partial charge in [-0.3, -0.25) is 14.7 Å². The van der Waals surface area contributed by atoms with Crippen molar-refractivity contribution in [2.45, 2.75) is 19.4 Å². The third-order valence-corrected chi connectivity index (χ3v) is 5.00. The van der Waals surface area contributed by atoms with E-state index in [0.29, 0.717) is 5.75 Å². The van der Waals surface area contributed by atoms with Gasteiger partial charge in [0.25, 0.3) is 11.8 Å². The summed E-state index contributed by atoms with van der Waals surface area (Å²) in [6.07, 6.45) is -0.636.